The van der Waals surface area contributed by atoms with Crippen molar-refractivity contribution in [1.82, 2.24) is 4.98 Å². The van der Waals surface area contributed by atoms with Gasteiger partial charge in [0, 0.05) is 0 Å². The first-order chi connectivity index (χ1) is 4.83. The van der Waals surface area contributed by atoms with Gasteiger partial charge in [-0.05, 0) is 12.1 Å². The van der Waals surface area contributed by atoms with Crippen LogP contribution in [0.4, 0.5) is 4.39 Å². The van der Waals surface area contributed by atoms with E-state index in [4.69, 9.17) is 5.21 Å². The molecule has 4 heteroatoms. The van der Waals surface area contributed by atoms with Crippen molar-refractivity contribution in [2.75, 3.05) is 0 Å². The molecule has 0 amide bonds. The van der Waals surface area contributed by atoms with Gasteiger partial charge in [-0.3, -0.25) is 0 Å². The number of rotatable bonds is 1. The van der Waals surface area contributed by atoms with E-state index in [-0.39, 0.29) is 0 Å². The first-order valence-corrected chi connectivity index (χ1v) is 2.63. The number of nitrogens with zero attached hydrogens (tertiary/aromatic N) is 2. The molecule has 1 aromatic rings. The lowest BCUT2D eigenvalue weighted by Gasteiger charge is -1.88. The number of aromatic nitrogens is 1. The molecule has 0 radical (unpaired) electrons. The monoisotopic (exact) mass is 140 g/mol. The molecule has 1 aromatic heterocycles. The molecule has 0 aromatic carbocycles. The van der Waals surface area contributed by atoms with Gasteiger partial charge in [-0.2, -0.15) is 4.39 Å². The molecule has 0 unspecified atom stereocenters. The van der Waals surface area contributed by atoms with Crippen LogP contribution in [0.2, 0.25) is 0 Å². The average molecular weight is 140 g/mol. The third-order valence-electron chi connectivity index (χ3n) is 0.927. The van der Waals surface area contributed by atoms with Gasteiger partial charge in [-0.1, -0.05) is 11.2 Å². The van der Waals surface area contributed by atoms with Crippen LogP contribution < -0.4 is 0 Å². The van der Waals surface area contributed by atoms with Crippen LogP contribution in [0.1, 0.15) is 5.69 Å². The molecular formula is C6H5FN2O. The fourth-order valence-corrected chi connectivity index (χ4v) is 0.555. The summed E-state index contributed by atoms with van der Waals surface area (Å²) in [4.78, 5) is 3.39. The van der Waals surface area contributed by atoms with Crippen LogP contribution in [0.5, 0.6) is 0 Å². The zero-order valence-corrected chi connectivity index (χ0v) is 5.03. The van der Waals surface area contributed by atoms with E-state index in [0.29, 0.717) is 5.69 Å². The minimum atomic E-state index is -0.586. The molecule has 0 saturated carbocycles. The summed E-state index contributed by atoms with van der Waals surface area (Å²) in [5.74, 6) is -0.586. The Balaban J connectivity index is 2.95. The number of hydrogen-bond acceptors (Lipinski definition) is 3. The largest absolute Gasteiger partial charge is 0.411 e. The molecule has 0 saturated heterocycles. The van der Waals surface area contributed by atoms with Gasteiger partial charge >= 0.3 is 0 Å². The van der Waals surface area contributed by atoms with Crippen molar-refractivity contribution in [3.8, 4) is 0 Å². The highest BCUT2D eigenvalue weighted by Gasteiger charge is 1.90. The van der Waals surface area contributed by atoms with E-state index in [0.717, 1.165) is 6.21 Å². The Kier molecular flexibility index (Phi) is 1.94. The van der Waals surface area contributed by atoms with Gasteiger partial charge in [0.1, 0.15) is 0 Å². The number of oxime groups is 1. The lowest BCUT2D eigenvalue weighted by Crippen LogP contribution is -1.89. The van der Waals surface area contributed by atoms with Crippen LogP contribution in [0.15, 0.2) is 23.4 Å². The number of pyridine rings is 1. The van der Waals surface area contributed by atoms with Gasteiger partial charge in [0.15, 0.2) is 0 Å². The number of hydrogen-bond donors (Lipinski definition) is 1. The highest BCUT2D eigenvalue weighted by atomic mass is 19.1. The molecule has 0 aliphatic heterocycles. The Morgan fingerprint density at radius 2 is 2.40 bits per heavy atom. The van der Waals surface area contributed by atoms with Crippen molar-refractivity contribution < 1.29 is 9.60 Å². The second-order valence-electron chi connectivity index (χ2n) is 1.63. The smallest absolute Gasteiger partial charge is 0.213 e. The second kappa shape index (κ2) is 2.91. The summed E-state index contributed by atoms with van der Waals surface area (Å²) in [5, 5.41) is 10.7. The Labute approximate surface area is 56.8 Å². The lowest BCUT2D eigenvalue weighted by molar-refractivity contribution is 0.321. The third-order valence-corrected chi connectivity index (χ3v) is 0.927. The maximum atomic E-state index is 12.2. The summed E-state index contributed by atoms with van der Waals surface area (Å²) < 4.78 is 12.2. The van der Waals surface area contributed by atoms with Gasteiger partial charge in [-0.15, -0.1) is 0 Å². The molecule has 1 rings (SSSR count). The van der Waals surface area contributed by atoms with Gasteiger partial charge in [0.2, 0.25) is 5.95 Å². The van der Waals surface area contributed by atoms with Crippen molar-refractivity contribution in [3.05, 3.63) is 29.8 Å². The van der Waals surface area contributed by atoms with Gasteiger partial charge in [0.05, 0.1) is 11.9 Å². The molecule has 0 atom stereocenters. The fraction of sp³-hybridized carbons (Fsp3) is 0. The topological polar surface area (TPSA) is 45.5 Å². The van der Waals surface area contributed by atoms with Crippen LogP contribution in [0.3, 0.4) is 0 Å². The molecular weight excluding hydrogens is 135 g/mol. The van der Waals surface area contributed by atoms with Crippen LogP contribution in [0, 0.1) is 5.95 Å². The lowest BCUT2D eigenvalue weighted by atomic mass is 10.4. The summed E-state index contributed by atoms with van der Waals surface area (Å²) in [6.07, 6.45) is 1.06. The molecule has 10 heavy (non-hydrogen) atoms. The van der Waals surface area contributed by atoms with E-state index in [2.05, 4.69) is 10.1 Å². The van der Waals surface area contributed by atoms with Crippen LogP contribution in [0.25, 0.3) is 0 Å². The van der Waals surface area contributed by atoms with Crippen LogP contribution >= 0.6 is 0 Å². The van der Waals surface area contributed by atoms with Crippen LogP contribution in [-0.2, 0) is 0 Å². The van der Waals surface area contributed by atoms with E-state index >= 15 is 0 Å². The molecule has 0 spiro atoms. The molecule has 0 bridgehead atoms. The van der Waals surface area contributed by atoms with Crippen LogP contribution in [-0.4, -0.2) is 16.4 Å². The van der Waals surface area contributed by atoms with Gasteiger partial charge < -0.3 is 5.21 Å². The first-order valence-electron chi connectivity index (χ1n) is 2.63. The minimum absolute atomic E-state index is 0.294. The first kappa shape index (κ1) is 6.67. The molecule has 52 valence electrons. The zero-order valence-electron chi connectivity index (χ0n) is 5.03. The van der Waals surface area contributed by atoms with E-state index in [1.807, 2.05) is 0 Å². The minimum Gasteiger partial charge on any atom is -0.411 e. The Morgan fingerprint density at radius 1 is 1.60 bits per heavy atom. The van der Waals surface area contributed by atoms with Crippen molar-refractivity contribution >= 4 is 6.21 Å². The van der Waals surface area contributed by atoms with E-state index in [9.17, 15) is 4.39 Å². The maximum Gasteiger partial charge on any atom is 0.213 e. The fourth-order valence-electron chi connectivity index (χ4n) is 0.555. The predicted octanol–water partition coefficient (Wildman–Crippen LogP) is 1.03. The summed E-state index contributed by atoms with van der Waals surface area (Å²) in [6.45, 7) is 0. The summed E-state index contributed by atoms with van der Waals surface area (Å²) >= 11 is 0. The highest BCUT2D eigenvalue weighted by molar-refractivity contribution is 5.75. The SMILES string of the molecule is O/N=C/c1cccc(F)n1. The third kappa shape index (κ3) is 1.51. The molecule has 0 aliphatic rings. The molecule has 1 heterocycles. The van der Waals surface area contributed by atoms with Crippen molar-refractivity contribution in [2.45, 2.75) is 0 Å². The van der Waals surface area contributed by atoms with E-state index in [1.54, 1.807) is 0 Å². The van der Waals surface area contributed by atoms with Crippen molar-refractivity contribution in [1.29, 1.82) is 0 Å². The molecule has 0 fully saturated rings. The zero-order chi connectivity index (χ0) is 7.40. The van der Waals surface area contributed by atoms with E-state index in [1.165, 1.54) is 18.2 Å². The summed E-state index contributed by atoms with van der Waals surface area (Å²) in [6, 6.07) is 4.23. The van der Waals surface area contributed by atoms with Crippen molar-refractivity contribution in [2.24, 2.45) is 5.16 Å². The summed E-state index contributed by atoms with van der Waals surface area (Å²) in [7, 11) is 0. The second-order valence-corrected chi connectivity index (χ2v) is 1.63. The molecule has 1 N–H and O–H groups in total. The van der Waals surface area contributed by atoms with Crippen molar-refractivity contribution in [3.63, 3.8) is 0 Å². The summed E-state index contributed by atoms with van der Waals surface area (Å²) in [5.41, 5.74) is 0.294. The number of halogens is 1. The quantitative estimate of drug-likeness (QED) is 0.274. The maximum absolute atomic E-state index is 12.2. The molecule has 3 nitrogen and oxygen atoms in total. The van der Waals surface area contributed by atoms with Gasteiger partial charge in [0.25, 0.3) is 0 Å². The molecule has 0 aliphatic carbocycles. The Hall–Kier alpha value is -1.45. The van der Waals surface area contributed by atoms with E-state index < -0.39 is 5.95 Å². The Bertz CT molecular complexity index is 249. The highest BCUT2D eigenvalue weighted by Crippen LogP contribution is 1.93. The predicted molar refractivity (Wildman–Crippen MR) is 33.6 cm³/mol. The average Bonchev–Trinajstić information content (AvgIpc) is 1.88. The Morgan fingerprint density at radius 3 is 3.00 bits per heavy atom. The van der Waals surface area contributed by atoms with Gasteiger partial charge in [-0.25, -0.2) is 4.98 Å². The standard InChI is InChI=1S/C6H5FN2O/c7-6-3-1-2-5(9-6)4-8-10/h1-4,10H/b8-4+. The normalized spacial score (nSPS) is 10.5.